The summed E-state index contributed by atoms with van der Waals surface area (Å²) in [6, 6.07) is 8.21. The Hall–Kier alpha value is -1.81. The molecular weight excluding hydrogens is 250 g/mol. The highest BCUT2D eigenvalue weighted by atomic mass is 16.5. The van der Waals surface area contributed by atoms with E-state index in [0.29, 0.717) is 0 Å². The van der Waals surface area contributed by atoms with Gasteiger partial charge in [0.2, 0.25) is 5.88 Å². The molecule has 4 nitrogen and oxygen atoms in total. The van der Waals surface area contributed by atoms with Crippen molar-refractivity contribution in [2.45, 2.75) is 33.7 Å². The van der Waals surface area contributed by atoms with Gasteiger partial charge in [0.15, 0.2) is 0 Å². The number of hydrogen-bond donors (Lipinski definition) is 1. The molecule has 0 spiro atoms. The van der Waals surface area contributed by atoms with E-state index in [1.165, 1.54) is 5.56 Å². The summed E-state index contributed by atoms with van der Waals surface area (Å²) in [5, 5.41) is 7.79. The highest BCUT2D eigenvalue weighted by Gasteiger charge is 2.15. The number of benzene rings is 1. The molecule has 1 heterocycles. The first kappa shape index (κ1) is 14.6. The molecule has 0 amide bonds. The van der Waals surface area contributed by atoms with Crippen LogP contribution < -0.4 is 10.1 Å². The summed E-state index contributed by atoms with van der Waals surface area (Å²) in [7, 11) is 1.92. The Labute approximate surface area is 120 Å². The van der Waals surface area contributed by atoms with Crippen LogP contribution in [0.15, 0.2) is 24.3 Å². The molecule has 0 atom stereocenters. The molecule has 0 radical (unpaired) electrons. The fourth-order valence-electron chi connectivity index (χ4n) is 2.20. The van der Waals surface area contributed by atoms with Crippen molar-refractivity contribution in [2.75, 3.05) is 6.54 Å². The molecule has 0 fully saturated rings. The maximum atomic E-state index is 6.06. The lowest BCUT2D eigenvalue weighted by Crippen LogP contribution is -2.12. The second-order valence-corrected chi connectivity index (χ2v) is 4.88. The van der Waals surface area contributed by atoms with Crippen LogP contribution in [0.3, 0.4) is 0 Å². The first-order valence-electron chi connectivity index (χ1n) is 7.15. The second kappa shape index (κ2) is 6.57. The Kier molecular flexibility index (Phi) is 4.79. The molecule has 4 heteroatoms. The second-order valence-electron chi connectivity index (χ2n) is 4.88. The molecule has 1 aromatic heterocycles. The molecule has 1 aromatic carbocycles. The van der Waals surface area contributed by atoms with E-state index >= 15 is 0 Å². The largest absolute Gasteiger partial charge is 0.439 e. The molecule has 0 unspecified atom stereocenters. The maximum absolute atomic E-state index is 6.06. The lowest BCUT2D eigenvalue weighted by molar-refractivity contribution is 0.423. The Morgan fingerprint density at radius 3 is 2.80 bits per heavy atom. The van der Waals surface area contributed by atoms with Crippen molar-refractivity contribution in [1.29, 1.82) is 0 Å². The summed E-state index contributed by atoms with van der Waals surface area (Å²) in [6.45, 7) is 7.96. The molecule has 0 aliphatic carbocycles. The average molecular weight is 273 g/mol. The predicted octanol–water partition coefficient (Wildman–Crippen LogP) is 3.19. The molecular formula is C16H23N3O. The number of aromatic nitrogens is 2. The average Bonchev–Trinajstić information content (AvgIpc) is 2.71. The van der Waals surface area contributed by atoms with Crippen molar-refractivity contribution in [3.8, 4) is 11.6 Å². The van der Waals surface area contributed by atoms with Gasteiger partial charge in [0.25, 0.3) is 0 Å². The SMILES string of the molecule is CCNCc1c(C)nn(C)c1Oc1cccc(CC)c1. The van der Waals surface area contributed by atoms with Crippen molar-refractivity contribution in [3.05, 3.63) is 41.1 Å². The third kappa shape index (κ3) is 3.20. The zero-order chi connectivity index (χ0) is 14.5. The summed E-state index contributed by atoms with van der Waals surface area (Å²) >= 11 is 0. The Bertz CT molecular complexity index is 575. The minimum Gasteiger partial charge on any atom is -0.439 e. The maximum Gasteiger partial charge on any atom is 0.222 e. The minimum atomic E-state index is 0.777. The van der Waals surface area contributed by atoms with E-state index in [2.05, 4.69) is 36.4 Å². The highest BCUT2D eigenvalue weighted by molar-refractivity contribution is 5.37. The van der Waals surface area contributed by atoms with Gasteiger partial charge in [-0.25, -0.2) is 4.68 Å². The van der Waals surface area contributed by atoms with E-state index in [4.69, 9.17) is 4.74 Å². The number of aryl methyl sites for hydroxylation is 3. The standard InChI is InChI=1S/C16H23N3O/c1-5-13-8-7-9-14(10-13)20-16-15(11-17-6-2)12(3)18-19(16)4/h7-10,17H,5-6,11H2,1-4H3. The van der Waals surface area contributed by atoms with Gasteiger partial charge in [-0.05, 0) is 37.6 Å². The van der Waals surface area contributed by atoms with Crippen molar-refractivity contribution in [3.63, 3.8) is 0 Å². The van der Waals surface area contributed by atoms with Crippen LogP contribution in [0.1, 0.15) is 30.7 Å². The van der Waals surface area contributed by atoms with Crippen molar-refractivity contribution < 1.29 is 4.74 Å². The fourth-order valence-corrected chi connectivity index (χ4v) is 2.20. The molecule has 0 aliphatic heterocycles. The third-order valence-electron chi connectivity index (χ3n) is 3.36. The summed E-state index contributed by atoms with van der Waals surface area (Å²) in [4.78, 5) is 0. The van der Waals surface area contributed by atoms with Gasteiger partial charge in [-0.3, -0.25) is 0 Å². The van der Waals surface area contributed by atoms with Crippen LogP contribution in [0.4, 0.5) is 0 Å². The molecule has 20 heavy (non-hydrogen) atoms. The van der Waals surface area contributed by atoms with Gasteiger partial charge in [-0.1, -0.05) is 26.0 Å². The van der Waals surface area contributed by atoms with E-state index in [0.717, 1.165) is 42.4 Å². The van der Waals surface area contributed by atoms with E-state index < -0.39 is 0 Å². The topological polar surface area (TPSA) is 39.1 Å². The zero-order valence-corrected chi connectivity index (χ0v) is 12.7. The lowest BCUT2D eigenvalue weighted by atomic mass is 10.2. The fraction of sp³-hybridized carbons (Fsp3) is 0.438. The lowest BCUT2D eigenvalue weighted by Gasteiger charge is -2.10. The molecule has 0 saturated heterocycles. The summed E-state index contributed by atoms with van der Waals surface area (Å²) < 4.78 is 7.87. The quantitative estimate of drug-likeness (QED) is 0.878. The Morgan fingerprint density at radius 1 is 1.30 bits per heavy atom. The third-order valence-corrected chi connectivity index (χ3v) is 3.36. The highest BCUT2D eigenvalue weighted by Crippen LogP contribution is 2.27. The number of ether oxygens (including phenoxy) is 1. The van der Waals surface area contributed by atoms with Crippen LogP contribution >= 0.6 is 0 Å². The molecule has 0 saturated carbocycles. The summed E-state index contributed by atoms with van der Waals surface area (Å²) in [5.41, 5.74) is 3.40. The summed E-state index contributed by atoms with van der Waals surface area (Å²) in [6.07, 6.45) is 1.01. The molecule has 108 valence electrons. The summed E-state index contributed by atoms with van der Waals surface area (Å²) in [5.74, 6) is 1.68. The minimum absolute atomic E-state index is 0.777. The smallest absolute Gasteiger partial charge is 0.222 e. The van der Waals surface area contributed by atoms with Gasteiger partial charge in [-0.15, -0.1) is 0 Å². The number of hydrogen-bond acceptors (Lipinski definition) is 3. The van der Waals surface area contributed by atoms with Crippen LogP contribution in [0, 0.1) is 6.92 Å². The van der Waals surface area contributed by atoms with E-state index in [1.807, 2.05) is 26.1 Å². The zero-order valence-electron chi connectivity index (χ0n) is 12.7. The van der Waals surface area contributed by atoms with E-state index in [1.54, 1.807) is 4.68 Å². The van der Waals surface area contributed by atoms with Gasteiger partial charge < -0.3 is 10.1 Å². The van der Waals surface area contributed by atoms with Crippen LogP contribution in [0.25, 0.3) is 0 Å². The van der Waals surface area contributed by atoms with Gasteiger partial charge in [0, 0.05) is 13.6 Å². The number of rotatable bonds is 6. The van der Waals surface area contributed by atoms with Gasteiger partial charge in [0.05, 0.1) is 11.3 Å². The van der Waals surface area contributed by atoms with Crippen LogP contribution in [0.5, 0.6) is 11.6 Å². The van der Waals surface area contributed by atoms with Crippen LogP contribution in [-0.2, 0) is 20.0 Å². The molecule has 1 N–H and O–H groups in total. The molecule has 0 aliphatic rings. The van der Waals surface area contributed by atoms with Crippen LogP contribution in [-0.4, -0.2) is 16.3 Å². The molecule has 0 bridgehead atoms. The number of nitrogens with zero attached hydrogens (tertiary/aromatic N) is 2. The van der Waals surface area contributed by atoms with Gasteiger partial charge in [-0.2, -0.15) is 5.10 Å². The Morgan fingerprint density at radius 2 is 2.10 bits per heavy atom. The molecule has 2 aromatic rings. The monoisotopic (exact) mass is 273 g/mol. The van der Waals surface area contributed by atoms with Crippen LogP contribution in [0.2, 0.25) is 0 Å². The predicted molar refractivity (Wildman–Crippen MR) is 81.2 cm³/mol. The Balaban J connectivity index is 2.27. The van der Waals surface area contributed by atoms with Gasteiger partial charge >= 0.3 is 0 Å². The van der Waals surface area contributed by atoms with E-state index in [9.17, 15) is 0 Å². The first-order valence-corrected chi connectivity index (χ1v) is 7.15. The number of nitrogens with one attached hydrogen (secondary N) is 1. The van der Waals surface area contributed by atoms with E-state index in [-0.39, 0.29) is 0 Å². The van der Waals surface area contributed by atoms with Crippen molar-refractivity contribution in [1.82, 2.24) is 15.1 Å². The first-order chi connectivity index (χ1) is 9.65. The van der Waals surface area contributed by atoms with Crippen molar-refractivity contribution in [2.24, 2.45) is 7.05 Å². The molecule has 2 rings (SSSR count). The van der Waals surface area contributed by atoms with Gasteiger partial charge in [0.1, 0.15) is 5.75 Å². The van der Waals surface area contributed by atoms with Crippen molar-refractivity contribution >= 4 is 0 Å². The normalized spacial score (nSPS) is 10.8.